The van der Waals surface area contributed by atoms with Crippen LogP contribution in [-0.4, -0.2) is 37.9 Å². The second kappa shape index (κ2) is 7.60. The first-order valence-corrected chi connectivity index (χ1v) is 7.26. The molecule has 23 heavy (non-hydrogen) atoms. The summed E-state index contributed by atoms with van der Waals surface area (Å²) in [6.07, 6.45) is 4.24. The highest BCUT2D eigenvalue weighted by Gasteiger charge is 2.29. The van der Waals surface area contributed by atoms with Crippen molar-refractivity contribution in [3.8, 4) is 0 Å². The molecule has 6 nitrogen and oxygen atoms in total. The van der Waals surface area contributed by atoms with E-state index in [-0.39, 0.29) is 13.0 Å². The van der Waals surface area contributed by atoms with Crippen LogP contribution in [0.1, 0.15) is 11.3 Å². The van der Waals surface area contributed by atoms with Gasteiger partial charge in [0.25, 0.3) is 0 Å². The van der Waals surface area contributed by atoms with E-state index in [4.69, 9.17) is 11.6 Å². The van der Waals surface area contributed by atoms with E-state index in [0.29, 0.717) is 10.7 Å². The van der Waals surface area contributed by atoms with Crippen molar-refractivity contribution in [3.05, 3.63) is 65.7 Å². The Morgan fingerprint density at radius 2 is 2.09 bits per heavy atom. The van der Waals surface area contributed by atoms with Crippen LogP contribution in [0.4, 0.5) is 0 Å². The van der Waals surface area contributed by atoms with Gasteiger partial charge in [0.05, 0.1) is 6.33 Å². The van der Waals surface area contributed by atoms with Gasteiger partial charge in [0.15, 0.2) is 0 Å². The van der Waals surface area contributed by atoms with Gasteiger partial charge in [-0.05, 0) is 23.8 Å². The van der Waals surface area contributed by atoms with Crippen molar-refractivity contribution in [2.45, 2.75) is 19.0 Å². The van der Waals surface area contributed by atoms with Gasteiger partial charge in [-0.3, -0.25) is 4.79 Å². The van der Waals surface area contributed by atoms with Crippen LogP contribution >= 0.6 is 11.6 Å². The number of carbonyl (C=O) groups excluding carboxylic acids is 1. The molecular weight excluding hydrogens is 318 g/mol. The second-order valence-corrected chi connectivity index (χ2v) is 5.37. The van der Waals surface area contributed by atoms with Crippen LogP contribution < -0.4 is 0 Å². The van der Waals surface area contributed by atoms with Crippen LogP contribution in [0.2, 0.25) is 5.02 Å². The van der Waals surface area contributed by atoms with Gasteiger partial charge in [0.1, 0.15) is 6.04 Å². The van der Waals surface area contributed by atoms with Gasteiger partial charge in [0, 0.05) is 29.9 Å². The summed E-state index contributed by atoms with van der Waals surface area (Å²) in [6, 6.07) is 5.86. The Kier molecular flexibility index (Phi) is 5.54. The first-order valence-electron chi connectivity index (χ1n) is 6.88. The highest BCUT2D eigenvalue weighted by molar-refractivity contribution is 6.30. The number of aliphatic carboxylic acids is 1. The number of carboxylic acid groups (broad SMARTS) is 1. The number of benzene rings is 1. The molecule has 0 aliphatic heterocycles. The standard InChI is InChI=1S/C16H16ClN3O3/c1-2-15(21)20(9-11-3-5-12(17)6-4-11)14(16(22)23)7-13-8-18-10-19-13/h2-6,8,10,14H,1,7,9H2,(H,18,19)(H,22,23)/t14-/m0/s1. The quantitative estimate of drug-likeness (QED) is 0.761. The van der Waals surface area contributed by atoms with Gasteiger partial charge in [-0.25, -0.2) is 9.78 Å². The molecule has 2 N–H and O–H groups in total. The van der Waals surface area contributed by atoms with Crippen LogP contribution in [0.5, 0.6) is 0 Å². The fourth-order valence-electron chi connectivity index (χ4n) is 2.18. The number of aromatic nitrogens is 2. The molecule has 0 saturated carbocycles. The molecule has 0 bridgehead atoms. The van der Waals surface area contributed by atoms with Gasteiger partial charge in [-0.2, -0.15) is 0 Å². The number of rotatable bonds is 7. The molecule has 0 spiro atoms. The predicted molar refractivity (Wildman–Crippen MR) is 85.9 cm³/mol. The van der Waals surface area contributed by atoms with E-state index in [9.17, 15) is 14.7 Å². The molecule has 0 unspecified atom stereocenters. The number of nitrogens with zero attached hydrogens (tertiary/aromatic N) is 2. The van der Waals surface area contributed by atoms with Crippen LogP contribution in [0.15, 0.2) is 49.4 Å². The normalized spacial score (nSPS) is 11.7. The van der Waals surface area contributed by atoms with Crippen molar-refractivity contribution in [3.63, 3.8) is 0 Å². The van der Waals surface area contributed by atoms with E-state index in [2.05, 4.69) is 16.5 Å². The average molecular weight is 334 g/mol. The van der Waals surface area contributed by atoms with Crippen molar-refractivity contribution in [1.82, 2.24) is 14.9 Å². The van der Waals surface area contributed by atoms with Crippen molar-refractivity contribution >= 4 is 23.5 Å². The fourth-order valence-corrected chi connectivity index (χ4v) is 2.31. The molecule has 0 fully saturated rings. The van der Waals surface area contributed by atoms with Gasteiger partial charge >= 0.3 is 5.97 Å². The van der Waals surface area contributed by atoms with Crippen LogP contribution in [-0.2, 0) is 22.6 Å². The van der Waals surface area contributed by atoms with Crippen molar-refractivity contribution in [1.29, 1.82) is 0 Å². The lowest BCUT2D eigenvalue weighted by Gasteiger charge is -2.28. The topological polar surface area (TPSA) is 86.3 Å². The van der Waals surface area contributed by atoms with E-state index in [1.807, 2.05) is 0 Å². The largest absolute Gasteiger partial charge is 0.480 e. The lowest BCUT2D eigenvalue weighted by Crippen LogP contribution is -2.45. The number of aromatic amines is 1. The smallest absolute Gasteiger partial charge is 0.326 e. The number of amides is 1. The molecule has 1 heterocycles. The maximum Gasteiger partial charge on any atom is 0.326 e. The molecule has 1 amide bonds. The number of imidazole rings is 1. The van der Waals surface area contributed by atoms with Crippen LogP contribution in [0, 0.1) is 0 Å². The summed E-state index contributed by atoms with van der Waals surface area (Å²) >= 11 is 5.84. The first kappa shape index (κ1) is 16.8. The number of carboxylic acids is 1. The zero-order valence-electron chi connectivity index (χ0n) is 12.3. The van der Waals surface area contributed by atoms with Gasteiger partial charge in [0.2, 0.25) is 5.91 Å². The number of nitrogens with one attached hydrogen (secondary N) is 1. The molecule has 1 atom stereocenters. The van der Waals surface area contributed by atoms with E-state index >= 15 is 0 Å². The monoisotopic (exact) mass is 333 g/mol. The minimum Gasteiger partial charge on any atom is -0.480 e. The summed E-state index contributed by atoms with van der Waals surface area (Å²) in [5, 5.41) is 10.1. The van der Waals surface area contributed by atoms with Crippen molar-refractivity contribution in [2.24, 2.45) is 0 Å². The van der Waals surface area contributed by atoms with Gasteiger partial charge in [-0.1, -0.05) is 30.3 Å². The zero-order valence-corrected chi connectivity index (χ0v) is 13.0. The minimum absolute atomic E-state index is 0.127. The zero-order chi connectivity index (χ0) is 16.8. The molecular formula is C16H16ClN3O3. The van der Waals surface area contributed by atoms with Crippen molar-refractivity contribution in [2.75, 3.05) is 0 Å². The average Bonchev–Trinajstić information content (AvgIpc) is 3.04. The molecule has 1 aromatic carbocycles. The maximum atomic E-state index is 12.2. The molecule has 0 aliphatic carbocycles. The Hall–Kier alpha value is -2.60. The van der Waals surface area contributed by atoms with Crippen molar-refractivity contribution < 1.29 is 14.7 Å². The van der Waals surface area contributed by atoms with Gasteiger partial charge in [-0.15, -0.1) is 0 Å². The summed E-state index contributed by atoms with van der Waals surface area (Å²) in [6.45, 7) is 3.60. The molecule has 2 aromatic rings. The Morgan fingerprint density at radius 3 is 2.61 bits per heavy atom. The molecule has 0 saturated heterocycles. The lowest BCUT2D eigenvalue weighted by atomic mass is 10.1. The molecule has 0 aliphatic rings. The molecule has 0 radical (unpaired) electrons. The molecule has 1 aromatic heterocycles. The van der Waals surface area contributed by atoms with Gasteiger partial charge < -0.3 is 15.0 Å². The number of hydrogen-bond acceptors (Lipinski definition) is 3. The number of halogens is 1. The fraction of sp³-hybridized carbons (Fsp3) is 0.188. The highest BCUT2D eigenvalue weighted by Crippen LogP contribution is 2.16. The van der Waals surface area contributed by atoms with E-state index in [0.717, 1.165) is 11.6 Å². The predicted octanol–water partition coefficient (Wildman–Crippen LogP) is 2.27. The van der Waals surface area contributed by atoms with Crippen LogP contribution in [0.25, 0.3) is 0 Å². The molecule has 7 heteroatoms. The summed E-state index contributed by atoms with van der Waals surface area (Å²) in [4.78, 5) is 31.8. The third-order valence-electron chi connectivity index (χ3n) is 3.35. The minimum atomic E-state index is -1.09. The highest BCUT2D eigenvalue weighted by atomic mass is 35.5. The third kappa shape index (κ3) is 4.43. The summed E-state index contributed by atoms with van der Waals surface area (Å²) in [7, 11) is 0. The third-order valence-corrected chi connectivity index (χ3v) is 3.61. The Balaban J connectivity index is 2.26. The van der Waals surface area contributed by atoms with Crippen LogP contribution in [0.3, 0.4) is 0 Å². The lowest BCUT2D eigenvalue weighted by molar-refractivity contribution is -0.149. The number of hydrogen-bond donors (Lipinski definition) is 2. The van der Waals surface area contributed by atoms with E-state index < -0.39 is 17.9 Å². The number of H-pyrrole nitrogens is 1. The van der Waals surface area contributed by atoms with E-state index in [1.165, 1.54) is 17.4 Å². The second-order valence-electron chi connectivity index (χ2n) is 4.93. The van der Waals surface area contributed by atoms with E-state index in [1.54, 1.807) is 24.3 Å². The number of carbonyl (C=O) groups is 2. The summed E-state index contributed by atoms with van der Waals surface area (Å²) in [5.41, 5.74) is 1.41. The Morgan fingerprint density at radius 1 is 1.39 bits per heavy atom. The summed E-state index contributed by atoms with van der Waals surface area (Å²) in [5.74, 6) is -1.55. The Labute approximate surface area is 138 Å². The maximum absolute atomic E-state index is 12.2. The SMILES string of the molecule is C=CC(=O)N(Cc1ccc(Cl)cc1)[C@@H](Cc1cnc[nH]1)C(=O)O. The Bertz CT molecular complexity index is 683. The summed E-state index contributed by atoms with van der Waals surface area (Å²) < 4.78 is 0. The molecule has 120 valence electrons. The first-order chi connectivity index (χ1) is 11.0. The molecule has 2 rings (SSSR count).